The molecular weight excluding hydrogens is 371 g/mol. The Labute approximate surface area is 169 Å². The van der Waals surface area contributed by atoms with E-state index in [1.165, 1.54) is 0 Å². The summed E-state index contributed by atoms with van der Waals surface area (Å²) in [5, 5.41) is 7.46. The fourth-order valence-corrected chi connectivity index (χ4v) is 4.93. The average Bonchev–Trinajstić information content (AvgIpc) is 3.07. The summed E-state index contributed by atoms with van der Waals surface area (Å²) in [6.45, 7) is 5.44. The zero-order valence-corrected chi connectivity index (χ0v) is 16.5. The predicted octanol–water partition coefficient (Wildman–Crippen LogP) is 2.16. The maximum absolute atomic E-state index is 14.9. The van der Waals surface area contributed by atoms with Crippen molar-refractivity contribution in [3.63, 3.8) is 0 Å². The van der Waals surface area contributed by atoms with Crippen molar-refractivity contribution in [2.45, 2.75) is 37.6 Å². The quantitative estimate of drug-likeness (QED) is 0.775. The molecule has 1 atom stereocenters. The van der Waals surface area contributed by atoms with E-state index in [4.69, 9.17) is 0 Å². The van der Waals surface area contributed by atoms with Crippen LogP contribution < -0.4 is 10.6 Å². The number of benzene rings is 1. The molecule has 1 aromatic heterocycles. The fraction of sp³-hybridized carbons (Fsp3) is 0.545. The van der Waals surface area contributed by atoms with Crippen molar-refractivity contribution in [3.05, 3.63) is 35.9 Å². The molecule has 2 amide bonds. The maximum atomic E-state index is 14.9. The van der Waals surface area contributed by atoms with Crippen LogP contribution in [0.2, 0.25) is 0 Å². The van der Waals surface area contributed by atoms with Gasteiger partial charge in [0.1, 0.15) is 11.9 Å². The highest BCUT2D eigenvalue weighted by Gasteiger charge is 2.29. The Morgan fingerprint density at radius 2 is 1.76 bits per heavy atom. The minimum Gasteiger partial charge on any atom is -0.341 e. The summed E-state index contributed by atoms with van der Waals surface area (Å²) in [5.74, 6) is 0.355. The minimum atomic E-state index is -0.407. The molecule has 0 radical (unpaired) electrons. The first-order chi connectivity index (χ1) is 14.1. The average molecular weight is 398 g/mol. The monoisotopic (exact) mass is 398 g/mol. The highest BCUT2D eigenvalue weighted by Crippen LogP contribution is 2.34. The van der Waals surface area contributed by atoms with Gasteiger partial charge in [-0.2, -0.15) is 0 Å². The summed E-state index contributed by atoms with van der Waals surface area (Å²) >= 11 is 0. The number of nitrogens with zero attached hydrogens (tertiary/aromatic N) is 2. The van der Waals surface area contributed by atoms with Crippen LogP contribution in [-0.2, 0) is 9.59 Å². The molecule has 2 aromatic rings. The van der Waals surface area contributed by atoms with Gasteiger partial charge in [-0.25, -0.2) is 4.39 Å². The molecule has 0 saturated carbocycles. The lowest BCUT2D eigenvalue weighted by atomic mass is 9.87. The molecule has 1 aromatic carbocycles. The van der Waals surface area contributed by atoms with Gasteiger partial charge in [-0.3, -0.25) is 14.9 Å². The molecule has 0 spiro atoms. The SMILES string of the molecule is O=C1CCC(n2cc3cc(F)c(C4CCN(CC5CNC5)CC4)cc3c2)C(=O)N1. The Bertz CT molecular complexity index is 944. The lowest BCUT2D eigenvalue weighted by Gasteiger charge is -2.37. The van der Waals surface area contributed by atoms with Crippen molar-refractivity contribution < 1.29 is 14.0 Å². The number of imide groups is 1. The van der Waals surface area contributed by atoms with Gasteiger partial charge in [0.05, 0.1) is 0 Å². The van der Waals surface area contributed by atoms with Crippen LogP contribution in [-0.4, -0.2) is 54.0 Å². The van der Waals surface area contributed by atoms with E-state index in [1.807, 2.05) is 23.0 Å². The number of hydrogen-bond acceptors (Lipinski definition) is 4. The van der Waals surface area contributed by atoms with Gasteiger partial charge in [0, 0.05) is 43.8 Å². The molecule has 3 fully saturated rings. The van der Waals surface area contributed by atoms with Crippen LogP contribution in [0.5, 0.6) is 0 Å². The van der Waals surface area contributed by atoms with Gasteiger partial charge in [0.15, 0.2) is 0 Å². The summed E-state index contributed by atoms with van der Waals surface area (Å²) in [4.78, 5) is 26.1. The maximum Gasteiger partial charge on any atom is 0.249 e. The van der Waals surface area contributed by atoms with Gasteiger partial charge >= 0.3 is 0 Å². The Morgan fingerprint density at radius 3 is 2.41 bits per heavy atom. The zero-order valence-electron chi connectivity index (χ0n) is 16.5. The third-order valence-electron chi connectivity index (χ3n) is 6.76. The molecule has 2 N–H and O–H groups in total. The number of amides is 2. The van der Waals surface area contributed by atoms with E-state index in [2.05, 4.69) is 15.5 Å². The second-order valence-electron chi connectivity index (χ2n) is 8.77. The van der Waals surface area contributed by atoms with Crippen LogP contribution in [0.15, 0.2) is 24.5 Å². The molecule has 6 nitrogen and oxygen atoms in total. The van der Waals surface area contributed by atoms with Crippen molar-refractivity contribution in [2.75, 3.05) is 32.7 Å². The van der Waals surface area contributed by atoms with Crippen molar-refractivity contribution in [1.82, 2.24) is 20.1 Å². The van der Waals surface area contributed by atoms with Crippen molar-refractivity contribution in [2.24, 2.45) is 5.92 Å². The molecule has 7 heteroatoms. The van der Waals surface area contributed by atoms with Crippen molar-refractivity contribution >= 4 is 22.6 Å². The van der Waals surface area contributed by atoms with Crippen molar-refractivity contribution in [1.29, 1.82) is 0 Å². The Morgan fingerprint density at radius 1 is 1.03 bits per heavy atom. The first-order valence-corrected chi connectivity index (χ1v) is 10.6. The number of hydrogen-bond donors (Lipinski definition) is 2. The first kappa shape index (κ1) is 18.8. The Balaban J connectivity index is 1.32. The predicted molar refractivity (Wildman–Crippen MR) is 108 cm³/mol. The van der Waals surface area contributed by atoms with Gasteiger partial charge in [0.25, 0.3) is 0 Å². The van der Waals surface area contributed by atoms with E-state index in [-0.39, 0.29) is 23.5 Å². The van der Waals surface area contributed by atoms with E-state index in [1.54, 1.807) is 6.07 Å². The highest BCUT2D eigenvalue weighted by atomic mass is 19.1. The molecular formula is C22H27FN4O2. The van der Waals surface area contributed by atoms with Gasteiger partial charge < -0.3 is 14.8 Å². The van der Waals surface area contributed by atoms with Crippen molar-refractivity contribution in [3.8, 4) is 0 Å². The van der Waals surface area contributed by atoms with Gasteiger partial charge in [0.2, 0.25) is 11.8 Å². The van der Waals surface area contributed by atoms with Crippen LogP contribution in [0.25, 0.3) is 10.8 Å². The standard InChI is InChI=1S/C22H27FN4O2/c23-19-8-17-13-27(20-1-2-21(28)25-22(20)29)12-16(17)7-18(19)15-3-5-26(6-4-15)11-14-9-24-10-14/h7-8,12-15,20,24H,1-6,9-11H2,(H,25,28,29). The fourth-order valence-electron chi connectivity index (χ4n) is 4.93. The van der Waals surface area contributed by atoms with Crippen LogP contribution in [0, 0.1) is 11.7 Å². The number of aromatic nitrogens is 1. The smallest absolute Gasteiger partial charge is 0.249 e. The number of nitrogens with one attached hydrogen (secondary N) is 2. The second kappa shape index (κ2) is 7.54. The molecule has 5 rings (SSSR count). The van der Waals surface area contributed by atoms with E-state index in [0.29, 0.717) is 12.8 Å². The van der Waals surface area contributed by atoms with Gasteiger partial charge in [-0.05, 0) is 67.3 Å². The summed E-state index contributed by atoms with van der Waals surface area (Å²) < 4.78 is 16.7. The lowest BCUT2D eigenvalue weighted by Crippen LogP contribution is -2.49. The number of carbonyl (C=O) groups is 2. The minimum absolute atomic E-state index is 0.153. The summed E-state index contributed by atoms with van der Waals surface area (Å²) in [6.07, 6.45) is 6.51. The summed E-state index contributed by atoms with van der Waals surface area (Å²) in [7, 11) is 0. The van der Waals surface area contributed by atoms with Crippen LogP contribution >= 0.6 is 0 Å². The molecule has 1 unspecified atom stereocenters. The first-order valence-electron chi connectivity index (χ1n) is 10.6. The van der Waals surface area contributed by atoms with Gasteiger partial charge in [-0.15, -0.1) is 0 Å². The third kappa shape index (κ3) is 3.69. The number of piperidine rings is 2. The van der Waals surface area contributed by atoms with Gasteiger partial charge in [-0.1, -0.05) is 0 Å². The van der Waals surface area contributed by atoms with Crippen LogP contribution in [0.3, 0.4) is 0 Å². The van der Waals surface area contributed by atoms with Crippen LogP contribution in [0.4, 0.5) is 4.39 Å². The molecule has 3 saturated heterocycles. The number of fused-ring (bicyclic) bond motifs is 1. The highest BCUT2D eigenvalue weighted by molar-refractivity contribution is 5.99. The molecule has 3 aliphatic rings. The molecule has 4 heterocycles. The number of likely N-dealkylation sites (tertiary alicyclic amines) is 1. The number of carbonyl (C=O) groups excluding carboxylic acids is 2. The summed E-state index contributed by atoms with van der Waals surface area (Å²) in [6, 6.07) is 3.15. The normalized spacial score (nSPS) is 24.7. The number of rotatable bonds is 4. The third-order valence-corrected chi connectivity index (χ3v) is 6.76. The van der Waals surface area contributed by atoms with E-state index in [9.17, 15) is 14.0 Å². The molecule has 29 heavy (non-hydrogen) atoms. The van der Waals surface area contributed by atoms with E-state index >= 15 is 0 Å². The molecule has 0 aliphatic carbocycles. The largest absolute Gasteiger partial charge is 0.341 e. The summed E-state index contributed by atoms with van der Waals surface area (Å²) in [5.41, 5.74) is 0.795. The van der Waals surface area contributed by atoms with Crippen LogP contribution in [0.1, 0.15) is 43.2 Å². The Kier molecular flexibility index (Phi) is 4.87. The molecule has 0 bridgehead atoms. The molecule has 154 valence electrons. The van der Waals surface area contributed by atoms with E-state index < -0.39 is 6.04 Å². The number of halogens is 1. The topological polar surface area (TPSA) is 66.4 Å². The second-order valence-corrected chi connectivity index (χ2v) is 8.77. The zero-order chi connectivity index (χ0) is 20.0. The van der Waals surface area contributed by atoms with E-state index in [0.717, 1.165) is 67.8 Å². The molecule has 3 aliphatic heterocycles. The lowest BCUT2D eigenvalue weighted by molar-refractivity contribution is -0.135. The Hall–Kier alpha value is -2.25.